The van der Waals surface area contributed by atoms with Crippen molar-refractivity contribution in [2.24, 2.45) is 0 Å². The number of fused-ring (bicyclic) bond motifs is 1. The van der Waals surface area contributed by atoms with Crippen LogP contribution in [-0.2, 0) is 6.42 Å². The number of halogens is 2. The minimum absolute atomic E-state index is 0.216. The molecule has 1 aliphatic heterocycles. The van der Waals surface area contributed by atoms with Gasteiger partial charge in [-0.05, 0) is 42.0 Å². The van der Waals surface area contributed by atoms with Gasteiger partial charge in [-0.3, -0.25) is 9.89 Å². The highest BCUT2D eigenvalue weighted by Crippen LogP contribution is 2.41. The second kappa shape index (κ2) is 10.9. The van der Waals surface area contributed by atoms with Crippen molar-refractivity contribution in [3.63, 3.8) is 0 Å². The van der Waals surface area contributed by atoms with E-state index >= 15 is 0 Å². The Morgan fingerprint density at radius 3 is 2.32 bits per heavy atom. The maximum absolute atomic E-state index is 12.9. The van der Waals surface area contributed by atoms with Crippen LogP contribution in [-0.4, -0.2) is 56.5 Å². The molecule has 5 rings (SSSR count). The van der Waals surface area contributed by atoms with Gasteiger partial charge in [-0.15, -0.1) is 0 Å². The maximum Gasteiger partial charge on any atom is 0.256 e. The highest BCUT2D eigenvalue weighted by Gasteiger charge is 2.19. The number of ether oxygens (including phenoxy) is 2. The van der Waals surface area contributed by atoms with Crippen molar-refractivity contribution in [2.45, 2.75) is 6.42 Å². The predicted octanol–water partition coefficient (Wildman–Crippen LogP) is 5.14. The molecule has 1 amide bonds. The average molecular weight is 540 g/mol. The van der Waals surface area contributed by atoms with Gasteiger partial charge < -0.3 is 25.0 Å². The van der Waals surface area contributed by atoms with Crippen molar-refractivity contribution in [1.82, 2.24) is 15.5 Å². The molecule has 192 valence electrons. The van der Waals surface area contributed by atoms with Crippen LogP contribution in [0.2, 0.25) is 10.0 Å². The fraction of sp³-hybridized carbons (Fsp3) is 0.259. The van der Waals surface area contributed by atoms with Crippen molar-refractivity contribution in [3.8, 4) is 11.5 Å². The standard InChI is InChI=1S/C27H27Cl2N5O3/c1-36-22-15-23(37-2)25(29)20(24(22)28)13-16-3-8-19-21(14-16)32-33-26(19)31-27(35)17-4-6-18(7-5-17)34-11-9-30-10-12-34/h3-8,14-15,30H,9-13H2,1-2H3,(H2,31,32,33,35). The Morgan fingerprint density at radius 2 is 1.68 bits per heavy atom. The van der Waals surface area contributed by atoms with Crippen LogP contribution in [0, 0.1) is 0 Å². The van der Waals surface area contributed by atoms with Crippen molar-refractivity contribution < 1.29 is 14.3 Å². The summed E-state index contributed by atoms with van der Waals surface area (Å²) >= 11 is 13.1. The third kappa shape index (κ3) is 5.18. The summed E-state index contributed by atoms with van der Waals surface area (Å²) < 4.78 is 10.7. The lowest BCUT2D eigenvalue weighted by molar-refractivity contribution is 0.102. The highest BCUT2D eigenvalue weighted by atomic mass is 35.5. The molecule has 2 heterocycles. The number of aromatic amines is 1. The number of hydrogen-bond donors (Lipinski definition) is 3. The van der Waals surface area contributed by atoms with Crippen LogP contribution < -0.4 is 25.0 Å². The average Bonchev–Trinajstić information content (AvgIpc) is 3.33. The van der Waals surface area contributed by atoms with Crippen molar-refractivity contribution in [3.05, 3.63) is 75.3 Å². The predicted molar refractivity (Wildman–Crippen MR) is 148 cm³/mol. The molecule has 0 saturated carbocycles. The van der Waals surface area contributed by atoms with Gasteiger partial charge in [0, 0.05) is 60.9 Å². The number of carbonyl (C=O) groups is 1. The third-order valence-corrected chi connectivity index (χ3v) is 7.35. The molecule has 0 unspecified atom stereocenters. The summed E-state index contributed by atoms with van der Waals surface area (Å²) in [6, 6.07) is 15.1. The van der Waals surface area contributed by atoms with Gasteiger partial charge in [0.05, 0.1) is 29.8 Å². The quantitative estimate of drug-likeness (QED) is 0.301. The number of amides is 1. The monoisotopic (exact) mass is 539 g/mol. The number of piperazine rings is 1. The Kier molecular flexibility index (Phi) is 7.41. The second-order valence-electron chi connectivity index (χ2n) is 8.75. The number of methoxy groups -OCH3 is 2. The molecule has 1 aromatic heterocycles. The van der Waals surface area contributed by atoms with Crippen LogP contribution in [0.4, 0.5) is 11.5 Å². The van der Waals surface area contributed by atoms with Crippen molar-refractivity contribution in [1.29, 1.82) is 0 Å². The third-order valence-electron chi connectivity index (χ3n) is 6.52. The molecule has 4 aromatic rings. The zero-order valence-corrected chi connectivity index (χ0v) is 22.0. The Morgan fingerprint density at radius 1 is 1.00 bits per heavy atom. The lowest BCUT2D eigenvalue weighted by atomic mass is 10.0. The second-order valence-corrected chi connectivity index (χ2v) is 9.51. The lowest BCUT2D eigenvalue weighted by Crippen LogP contribution is -2.43. The van der Waals surface area contributed by atoms with E-state index in [9.17, 15) is 4.79 Å². The van der Waals surface area contributed by atoms with Crippen LogP contribution in [0.1, 0.15) is 21.5 Å². The van der Waals surface area contributed by atoms with E-state index in [2.05, 4.69) is 25.7 Å². The first-order valence-electron chi connectivity index (χ1n) is 11.9. The van der Waals surface area contributed by atoms with Gasteiger partial charge >= 0.3 is 0 Å². The lowest BCUT2D eigenvalue weighted by Gasteiger charge is -2.29. The van der Waals surface area contributed by atoms with E-state index in [0.29, 0.717) is 44.9 Å². The van der Waals surface area contributed by atoms with Gasteiger partial charge in [0.15, 0.2) is 5.82 Å². The molecule has 0 spiro atoms. The van der Waals surface area contributed by atoms with Crippen LogP contribution in [0.5, 0.6) is 11.5 Å². The van der Waals surface area contributed by atoms with Gasteiger partial charge in [0.1, 0.15) is 11.5 Å². The molecule has 37 heavy (non-hydrogen) atoms. The summed E-state index contributed by atoms with van der Waals surface area (Å²) in [5.74, 6) is 1.24. The number of hydrogen-bond acceptors (Lipinski definition) is 6. The molecular formula is C27H27Cl2N5O3. The molecule has 0 radical (unpaired) electrons. The van der Waals surface area contributed by atoms with E-state index < -0.39 is 0 Å². The summed E-state index contributed by atoms with van der Waals surface area (Å²) in [7, 11) is 3.09. The zero-order valence-electron chi connectivity index (χ0n) is 20.5. The van der Waals surface area contributed by atoms with E-state index in [1.165, 1.54) is 0 Å². The molecule has 0 atom stereocenters. The largest absolute Gasteiger partial charge is 0.495 e. The summed E-state index contributed by atoms with van der Waals surface area (Å²) in [4.78, 5) is 15.2. The Balaban J connectivity index is 1.33. The van der Waals surface area contributed by atoms with Crippen LogP contribution in [0.15, 0.2) is 48.5 Å². The number of benzene rings is 3. The maximum atomic E-state index is 12.9. The summed E-state index contributed by atoms with van der Waals surface area (Å²) in [6.07, 6.45) is 0.460. The fourth-order valence-electron chi connectivity index (χ4n) is 4.49. The fourth-order valence-corrected chi connectivity index (χ4v) is 5.13. The molecule has 8 nitrogen and oxygen atoms in total. The van der Waals surface area contributed by atoms with Gasteiger partial charge in [-0.1, -0.05) is 29.3 Å². The van der Waals surface area contributed by atoms with Gasteiger partial charge in [0.2, 0.25) is 0 Å². The summed E-state index contributed by atoms with van der Waals surface area (Å²) in [6.45, 7) is 3.83. The number of H-pyrrole nitrogens is 1. The minimum atomic E-state index is -0.216. The Labute approximate surface area is 224 Å². The number of aromatic nitrogens is 2. The van der Waals surface area contributed by atoms with Gasteiger partial charge in [-0.25, -0.2) is 0 Å². The van der Waals surface area contributed by atoms with Crippen molar-refractivity contribution >= 4 is 51.5 Å². The van der Waals surface area contributed by atoms with Gasteiger partial charge in [0.25, 0.3) is 5.91 Å². The van der Waals surface area contributed by atoms with Crippen LogP contribution in [0.25, 0.3) is 10.9 Å². The Bertz CT molecular complexity index is 1400. The van der Waals surface area contributed by atoms with E-state index in [1.54, 1.807) is 20.3 Å². The highest BCUT2D eigenvalue weighted by molar-refractivity contribution is 6.38. The normalized spacial score (nSPS) is 13.6. The molecule has 0 bridgehead atoms. The molecular weight excluding hydrogens is 513 g/mol. The van der Waals surface area contributed by atoms with E-state index in [-0.39, 0.29) is 5.91 Å². The first-order chi connectivity index (χ1) is 18.0. The minimum Gasteiger partial charge on any atom is -0.495 e. The summed E-state index contributed by atoms with van der Waals surface area (Å²) in [5, 5.41) is 15.3. The molecule has 3 aromatic carbocycles. The first kappa shape index (κ1) is 25.2. The number of carbonyl (C=O) groups excluding carboxylic acids is 1. The number of rotatable bonds is 7. The van der Waals surface area contributed by atoms with Crippen LogP contribution >= 0.6 is 23.2 Å². The molecule has 0 aliphatic carbocycles. The first-order valence-corrected chi connectivity index (χ1v) is 12.7. The smallest absolute Gasteiger partial charge is 0.256 e. The number of nitrogens with zero attached hydrogens (tertiary/aromatic N) is 2. The SMILES string of the molecule is COc1cc(OC)c(Cl)c(Cc2ccc3c(NC(=O)c4ccc(N5CCNCC5)cc4)n[nH]c3c2)c1Cl. The topological polar surface area (TPSA) is 91.5 Å². The zero-order chi connectivity index (χ0) is 25.9. The summed E-state index contributed by atoms with van der Waals surface area (Å²) in [5.41, 5.74) is 4.13. The number of anilines is 2. The molecule has 1 saturated heterocycles. The van der Waals surface area contributed by atoms with E-state index in [4.69, 9.17) is 32.7 Å². The molecule has 10 heteroatoms. The van der Waals surface area contributed by atoms with E-state index in [1.807, 2.05) is 42.5 Å². The molecule has 1 aliphatic rings. The van der Waals surface area contributed by atoms with Crippen molar-refractivity contribution in [2.75, 3.05) is 50.6 Å². The molecule has 1 fully saturated rings. The van der Waals surface area contributed by atoms with E-state index in [0.717, 1.165) is 48.3 Å². The number of nitrogens with one attached hydrogen (secondary N) is 3. The molecule has 3 N–H and O–H groups in total. The van der Waals surface area contributed by atoms with Gasteiger partial charge in [-0.2, -0.15) is 5.10 Å². The Hall–Kier alpha value is -3.46. The van der Waals surface area contributed by atoms with Crippen LogP contribution in [0.3, 0.4) is 0 Å².